The predicted molar refractivity (Wildman–Crippen MR) is 80.7 cm³/mol. The molecule has 1 aliphatic heterocycles. The first-order valence-electron chi connectivity index (χ1n) is 7.48. The number of hydrogen-bond acceptors (Lipinski definition) is 4. The summed E-state index contributed by atoms with van der Waals surface area (Å²) < 4.78 is 11.2. The molecule has 0 bridgehead atoms. The van der Waals surface area contributed by atoms with Gasteiger partial charge in [-0.05, 0) is 38.2 Å². The fourth-order valence-corrected chi connectivity index (χ4v) is 3.30. The molecule has 4 heteroatoms. The SMILES string of the molecule is COc1cc(C2(N)CCC2)c(OC)cc1N1CCCC1. The Labute approximate surface area is 120 Å². The van der Waals surface area contributed by atoms with Crippen LogP contribution in [0.2, 0.25) is 0 Å². The maximum Gasteiger partial charge on any atom is 0.142 e. The van der Waals surface area contributed by atoms with Gasteiger partial charge in [-0.15, -0.1) is 0 Å². The molecule has 2 fully saturated rings. The van der Waals surface area contributed by atoms with E-state index in [4.69, 9.17) is 15.2 Å². The molecule has 0 spiro atoms. The van der Waals surface area contributed by atoms with Gasteiger partial charge in [-0.2, -0.15) is 0 Å². The van der Waals surface area contributed by atoms with E-state index >= 15 is 0 Å². The Morgan fingerprint density at radius 1 is 1.00 bits per heavy atom. The Kier molecular flexibility index (Phi) is 3.50. The summed E-state index contributed by atoms with van der Waals surface area (Å²) in [6, 6.07) is 4.19. The third-order valence-corrected chi connectivity index (χ3v) is 4.73. The fraction of sp³-hybridized carbons (Fsp3) is 0.625. The summed E-state index contributed by atoms with van der Waals surface area (Å²) >= 11 is 0. The monoisotopic (exact) mass is 276 g/mol. The van der Waals surface area contributed by atoms with Crippen LogP contribution in [-0.4, -0.2) is 27.3 Å². The van der Waals surface area contributed by atoms with Crippen molar-refractivity contribution in [3.05, 3.63) is 17.7 Å². The molecule has 1 saturated carbocycles. The molecule has 1 saturated heterocycles. The van der Waals surface area contributed by atoms with Crippen molar-refractivity contribution in [3.8, 4) is 11.5 Å². The normalized spacial score (nSPS) is 20.6. The number of anilines is 1. The van der Waals surface area contributed by atoms with Crippen LogP contribution in [-0.2, 0) is 5.54 Å². The number of nitrogens with two attached hydrogens (primary N) is 1. The molecule has 4 nitrogen and oxygen atoms in total. The molecule has 1 heterocycles. The van der Waals surface area contributed by atoms with Gasteiger partial charge in [0.1, 0.15) is 11.5 Å². The standard InChI is InChI=1S/C16H24N2O2/c1-19-14-11-13(18-8-3-4-9-18)15(20-2)10-12(14)16(17)6-5-7-16/h10-11H,3-9,17H2,1-2H3. The summed E-state index contributed by atoms with van der Waals surface area (Å²) in [5, 5.41) is 0. The highest BCUT2D eigenvalue weighted by Crippen LogP contribution is 2.47. The van der Waals surface area contributed by atoms with E-state index in [1.54, 1.807) is 14.2 Å². The highest BCUT2D eigenvalue weighted by molar-refractivity contribution is 5.65. The van der Waals surface area contributed by atoms with Crippen molar-refractivity contribution in [2.75, 3.05) is 32.2 Å². The summed E-state index contributed by atoms with van der Waals surface area (Å²) in [5.41, 5.74) is 8.47. The molecule has 110 valence electrons. The van der Waals surface area contributed by atoms with Crippen molar-refractivity contribution in [3.63, 3.8) is 0 Å². The van der Waals surface area contributed by atoms with Gasteiger partial charge in [-0.25, -0.2) is 0 Å². The third kappa shape index (κ3) is 2.12. The lowest BCUT2D eigenvalue weighted by Gasteiger charge is -2.40. The zero-order chi connectivity index (χ0) is 14.2. The second-order valence-corrected chi connectivity index (χ2v) is 5.93. The minimum absolute atomic E-state index is 0.234. The van der Waals surface area contributed by atoms with Crippen molar-refractivity contribution in [2.45, 2.75) is 37.6 Å². The topological polar surface area (TPSA) is 47.7 Å². The average molecular weight is 276 g/mol. The maximum atomic E-state index is 6.48. The Hall–Kier alpha value is -1.42. The van der Waals surface area contributed by atoms with Crippen LogP contribution in [0.5, 0.6) is 11.5 Å². The van der Waals surface area contributed by atoms with Crippen LogP contribution in [0.1, 0.15) is 37.7 Å². The highest BCUT2D eigenvalue weighted by atomic mass is 16.5. The fourth-order valence-electron chi connectivity index (χ4n) is 3.30. The van der Waals surface area contributed by atoms with Crippen molar-refractivity contribution < 1.29 is 9.47 Å². The van der Waals surface area contributed by atoms with Gasteiger partial charge in [-0.3, -0.25) is 0 Å². The molecule has 1 aliphatic carbocycles. The zero-order valence-corrected chi connectivity index (χ0v) is 12.4. The van der Waals surface area contributed by atoms with E-state index in [0.29, 0.717) is 0 Å². The minimum atomic E-state index is -0.234. The Balaban J connectivity index is 2.04. The van der Waals surface area contributed by atoms with Crippen LogP contribution < -0.4 is 20.1 Å². The van der Waals surface area contributed by atoms with Crippen LogP contribution >= 0.6 is 0 Å². The van der Waals surface area contributed by atoms with E-state index in [9.17, 15) is 0 Å². The predicted octanol–water partition coefficient (Wildman–Crippen LogP) is 2.64. The lowest BCUT2D eigenvalue weighted by atomic mass is 9.72. The van der Waals surface area contributed by atoms with E-state index in [1.165, 1.54) is 19.3 Å². The number of methoxy groups -OCH3 is 2. The largest absolute Gasteiger partial charge is 0.496 e. The molecular formula is C16H24N2O2. The van der Waals surface area contributed by atoms with Crippen LogP contribution in [0, 0.1) is 0 Å². The summed E-state index contributed by atoms with van der Waals surface area (Å²) in [6.45, 7) is 2.18. The van der Waals surface area contributed by atoms with Crippen molar-refractivity contribution in [2.24, 2.45) is 5.73 Å². The number of ether oxygens (including phenoxy) is 2. The number of nitrogens with zero attached hydrogens (tertiary/aromatic N) is 1. The molecule has 0 radical (unpaired) electrons. The molecule has 20 heavy (non-hydrogen) atoms. The molecule has 1 aromatic rings. The second kappa shape index (κ2) is 5.17. The Morgan fingerprint density at radius 3 is 2.15 bits per heavy atom. The summed E-state index contributed by atoms with van der Waals surface area (Å²) in [6.07, 6.45) is 5.73. The van der Waals surface area contributed by atoms with Crippen molar-refractivity contribution >= 4 is 5.69 Å². The van der Waals surface area contributed by atoms with Crippen molar-refractivity contribution in [1.82, 2.24) is 0 Å². The second-order valence-electron chi connectivity index (χ2n) is 5.93. The molecule has 0 aromatic heterocycles. The van der Waals surface area contributed by atoms with Crippen LogP contribution in [0.15, 0.2) is 12.1 Å². The molecule has 2 N–H and O–H groups in total. The number of rotatable bonds is 4. The minimum Gasteiger partial charge on any atom is -0.496 e. The van der Waals surface area contributed by atoms with E-state index in [2.05, 4.69) is 17.0 Å². The van der Waals surface area contributed by atoms with Gasteiger partial charge in [-0.1, -0.05) is 0 Å². The van der Waals surface area contributed by atoms with Crippen molar-refractivity contribution in [1.29, 1.82) is 0 Å². The molecule has 0 atom stereocenters. The lowest BCUT2D eigenvalue weighted by Crippen LogP contribution is -2.43. The van der Waals surface area contributed by atoms with E-state index < -0.39 is 0 Å². The number of hydrogen-bond donors (Lipinski definition) is 1. The van der Waals surface area contributed by atoms with Gasteiger partial charge in [0.2, 0.25) is 0 Å². The highest BCUT2D eigenvalue weighted by Gasteiger charge is 2.38. The van der Waals surface area contributed by atoms with Gasteiger partial charge in [0, 0.05) is 30.3 Å². The van der Waals surface area contributed by atoms with E-state index in [0.717, 1.165) is 48.7 Å². The van der Waals surface area contributed by atoms with Gasteiger partial charge < -0.3 is 20.1 Å². The first-order chi connectivity index (χ1) is 9.68. The first-order valence-corrected chi connectivity index (χ1v) is 7.48. The molecular weight excluding hydrogens is 252 g/mol. The number of benzene rings is 1. The van der Waals surface area contributed by atoms with Gasteiger partial charge in [0.15, 0.2) is 0 Å². The molecule has 3 rings (SSSR count). The summed E-state index contributed by atoms with van der Waals surface area (Å²) in [4.78, 5) is 2.37. The Morgan fingerprint density at radius 2 is 1.65 bits per heavy atom. The van der Waals surface area contributed by atoms with E-state index in [1.807, 2.05) is 0 Å². The lowest BCUT2D eigenvalue weighted by molar-refractivity contribution is 0.243. The first kappa shape index (κ1) is 13.6. The van der Waals surface area contributed by atoms with Crippen LogP contribution in [0.25, 0.3) is 0 Å². The molecule has 1 aromatic carbocycles. The maximum absolute atomic E-state index is 6.48. The third-order valence-electron chi connectivity index (χ3n) is 4.73. The molecule has 0 unspecified atom stereocenters. The van der Waals surface area contributed by atoms with E-state index in [-0.39, 0.29) is 5.54 Å². The Bertz CT molecular complexity index is 491. The van der Waals surface area contributed by atoms with Gasteiger partial charge in [0.25, 0.3) is 0 Å². The quantitative estimate of drug-likeness (QED) is 0.918. The molecule has 0 amide bonds. The van der Waals surface area contributed by atoms with Crippen LogP contribution in [0.3, 0.4) is 0 Å². The summed E-state index contributed by atoms with van der Waals surface area (Å²) in [7, 11) is 3.45. The van der Waals surface area contributed by atoms with Crippen LogP contribution in [0.4, 0.5) is 5.69 Å². The van der Waals surface area contributed by atoms with Gasteiger partial charge >= 0.3 is 0 Å². The summed E-state index contributed by atoms with van der Waals surface area (Å²) in [5.74, 6) is 1.81. The zero-order valence-electron chi connectivity index (χ0n) is 12.4. The average Bonchev–Trinajstić information content (AvgIpc) is 2.97. The molecule has 2 aliphatic rings. The van der Waals surface area contributed by atoms with Gasteiger partial charge in [0.05, 0.1) is 19.9 Å². The smallest absolute Gasteiger partial charge is 0.142 e.